The summed E-state index contributed by atoms with van der Waals surface area (Å²) in [7, 11) is 1.59. The molecule has 2 heterocycles. The third kappa shape index (κ3) is 3.29. The number of benzene rings is 2. The molecule has 28 heavy (non-hydrogen) atoms. The lowest BCUT2D eigenvalue weighted by Gasteiger charge is -2.10. The third-order valence-electron chi connectivity index (χ3n) is 4.71. The van der Waals surface area contributed by atoms with E-state index in [2.05, 4.69) is 15.8 Å². The highest BCUT2D eigenvalue weighted by Crippen LogP contribution is 2.21. The molecule has 0 aliphatic rings. The van der Waals surface area contributed by atoms with Crippen molar-refractivity contribution in [2.75, 3.05) is 7.11 Å². The van der Waals surface area contributed by atoms with Crippen molar-refractivity contribution in [3.63, 3.8) is 0 Å². The first-order chi connectivity index (χ1) is 13.5. The van der Waals surface area contributed by atoms with Gasteiger partial charge < -0.3 is 14.3 Å². The zero-order valence-corrected chi connectivity index (χ0v) is 15.6. The number of hydrogen-bond acceptors (Lipinski definition) is 3. The Bertz CT molecular complexity index is 1190. The number of carbonyl (C=O) groups is 2. The number of ether oxygens (including phenoxy) is 1. The number of rotatable bonds is 4. The molecular formula is C21H20N4O3. The van der Waals surface area contributed by atoms with Crippen LogP contribution in [-0.4, -0.2) is 28.5 Å². The fourth-order valence-electron chi connectivity index (χ4n) is 3.30. The molecule has 3 N–H and O–H groups in total. The topological polar surface area (TPSA) is 88.2 Å². The Morgan fingerprint density at radius 2 is 1.86 bits per heavy atom. The molecule has 0 saturated heterocycles. The van der Waals surface area contributed by atoms with Crippen molar-refractivity contribution in [2.45, 2.75) is 13.5 Å². The summed E-state index contributed by atoms with van der Waals surface area (Å²) in [6.07, 6.45) is 0. The van der Waals surface area contributed by atoms with Crippen LogP contribution in [0.15, 0.2) is 54.6 Å². The lowest BCUT2D eigenvalue weighted by molar-refractivity contribution is -0.122. The highest BCUT2D eigenvalue weighted by Gasteiger charge is 2.13. The van der Waals surface area contributed by atoms with Gasteiger partial charge >= 0.3 is 0 Å². The van der Waals surface area contributed by atoms with Gasteiger partial charge in [0.05, 0.1) is 7.11 Å². The molecule has 2 amide bonds. The normalized spacial score (nSPS) is 10.9. The zero-order chi connectivity index (χ0) is 19.7. The number of nitrogens with zero attached hydrogens (tertiary/aromatic N) is 1. The molecule has 0 aliphatic carbocycles. The number of aryl methyl sites for hydroxylation is 1. The molecule has 0 atom stereocenters. The van der Waals surface area contributed by atoms with E-state index in [0.717, 1.165) is 27.5 Å². The predicted molar refractivity (Wildman–Crippen MR) is 107 cm³/mol. The molecule has 142 valence electrons. The minimum atomic E-state index is -0.419. The van der Waals surface area contributed by atoms with Gasteiger partial charge in [0.1, 0.15) is 18.0 Å². The molecule has 2 aromatic carbocycles. The lowest BCUT2D eigenvalue weighted by Crippen LogP contribution is -2.43. The molecule has 4 aromatic rings. The average molecular weight is 376 g/mol. The van der Waals surface area contributed by atoms with Gasteiger partial charge in [-0.3, -0.25) is 20.4 Å². The van der Waals surface area contributed by atoms with E-state index in [4.69, 9.17) is 4.74 Å². The number of aromatic amines is 1. The van der Waals surface area contributed by atoms with Crippen LogP contribution in [0, 0.1) is 6.92 Å². The van der Waals surface area contributed by atoms with E-state index < -0.39 is 5.91 Å². The summed E-state index contributed by atoms with van der Waals surface area (Å²) in [5.74, 6) is -0.0192. The second kappa shape index (κ2) is 7.11. The fourth-order valence-corrected chi connectivity index (χ4v) is 3.30. The van der Waals surface area contributed by atoms with Gasteiger partial charge in [-0.05, 0) is 48.7 Å². The summed E-state index contributed by atoms with van der Waals surface area (Å²) in [5, 5.41) is 1.93. The molecule has 0 spiro atoms. The minimum absolute atomic E-state index is 0.115. The first-order valence-corrected chi connectivity index (χ1v) is 8.86. The number of aromatic nitrogens is 2. The minimum Gasteiger partial charge on any atom is -0.497 e. The van der Waals surface area contributed by atoms with Crippen LogP contribution in [0.4, 0.5) is 0 Å². The Kier molecular flexibility index (Phi) is 4.49. The molecule has 0 saturated carbocycles. The van der Waals surface area contributed by atoms with Crippen LogP contribution >= 0.6 is 0 Å². The number of carbonyl (C=O) groups excluding carboxylic acids is 2. The number of para-hydroxylation sites is 1. The van der Waals surface area contributed by atoms with Crippen molar-refractivity contribution >= 4 is 33.6 Å². The molecule has 4 rings (SSSR count). The molecule has 0 bridgehead atoms. The van der Waals surface area contributed by atoms with Crippen molar-refractivity contribution in [1.82, 2.24) is 20.4 Å². The van der Waals surface area contributed by atoms with E-state index in [9.17, 15) is 9.59 Å². The SMILES string of the molecule is COc1ccc2[nH]c(C(=O)NNC(=O)Cn3c(C)cc4ccccc43)cc2c1. The van der Waals surface area contributed by atoms with Gasteiger partial charge in [0.2, 0.25) is 0 Å². The molecular weight excluding hydrogens is 356 g/mol. The number of hydrogen-bond donors (Lipinski definition) is 3. The Labute approximate surface area is 161 Å². The average Bonchev–Trinajstić information content (AvgIpc) is 3.26. The molecule has 7 heteroatoms. The van der Waals surface area contributed by atoms with Gasteiger partial charge in [0, 0.05) is 22.1 Å². The van der Waals surface area contributed by atoms with Gasteiger partial charge in [0.25, 0.3) is 11.8 Å². The highest BCUT2D eigenvalue weighted by atomic mass is 16.5. The van der Waals surface area contributed by atoms with Crippen molar-refractivity contribution in [3.8, 4) is 5.75 Å². The van der Waals surface area contributed by atoms with Crippen LogP contribution in [0.1, 0.15) is 16.2 Å². The molecule has 0 unspecified atom stereocenters. The summed E-state index contributed by atoms with van der Waals surface area (Å²) < 4.78 is 7.10. The predicted octanol–water partition coefficient (Wildman–Crippen LogP) is 2.90. The number of nitrogens with one attached hydrogen (secondary N) is 3. The molecule has 0 aliphatic heterocycles. The monoisotopic (exact) mass is 376 g/mol. The summed E-state index contributed by atoms with van der Waals surface area (Å²) >= 11 is 0. The maximum absolute atomic E-state index is 12.4. The summed E-state index contributed by atoms with van der Waals surface area (Å²) in [6, 6.07) is 17.1. The number of fused-ring (bicyclic) bond motifs is 2. The van der Waals surface area contributed by atoms with E-state index in [1.807, 2.05) is 60.0 Å². The van der Waals surface area contributed by atoms with Gasteiger partial charge in [-0.2, -0.15) is 0 Å². The number of H-pyrrole nitrogens is 1. The van der Waals surface area contributed by atoms with Crippen LogP contribution in [-0.2, 0) is 11.3 Å². The van der Waals surface area contributed by atoms with Gasteiger partial charge in [-0.25, -0.2) is 0 Å². The van der Waals surface area contributed by atoms with Crippen molar-refractivity contribution in [2.24, 2.45) is 0 Å². The second-order valence-electron chi connectivity index (χ2n) is 6.57. The maximum atomic E-state index is 12.4. The zero-order valence-electron chi connectivity index (χ0n) is 15.6. The van der Waals surface area contributed by atoms with E-state index in [0.29, 0.717) is 11.4 Å². The number of amides is 2. The number of methoxy groups -OCH3 is 1. The van der Waals surface area contributed by atoms with Gasteiger partial charge in [0.15, 0.2) is 0 Å². The van der Waals surface area contributed by atoms with Crippen LogP contribution in [0.2, 0.25) is 0 Å². The molecule has 0 radical (unpaired) electrons. The maximum Gasteiger partial charge on any atom is 0.286 e. The standard InChI is InChI=1S/C21H20N4O3/c1-13-9-14-5-3-4-6-19(14)25(13)12-20(26)23-24-21(27)18-11-15-10-16(28-2)7-8-17(15)22-18/h3-11,22H,12H2,1-2H3,(H,23,26)(H,24,27). The molecule has 2 aromatic heterocycles. The second-order valence-corrected chi connectivity index (χ2v) is 6.57. The van der Waals surface area contributed by atoms with E-state index in [1.165, 1.54) is 0 Å². The smallest absolute Gasteiger partial charge is 0.286 e. The third-order valence-corrected chi connectivity index (χ3v) is 4.71. The van der Waals surface area contributed by atoms with E-state index in [1.54, 1.807) is 13.2 Å². The summed E-state index contributed by atoms with van der Waals surface area (Å²) in [4.78, 5) is 27.7. The van der Waals surface area contributed by atoms with Gasteiger partial charge in [-0.15, -0.1) is 0 Å². The van der Waals surface area contributed by atoms with E-state index in [-0.39, 0.29) is 12.5 Å². The Hall–Kier alpha value is -3.74. The van der Waals surface area contributed by atoms with Crippen LogP contribution in [0.5, 0.6) is 5.75 Å². The molecule has 7 nitrogen and oxygen atoms in total. The number of hydrazine groups is 1. The Morgan fingerprint density at radius 1 is 1.04 bits per heavy atom. The van der Waals surface area contributed by atoms with Crippen molar-refractivity contribution in [3.05, 3.63) is 66.0 Å². The summed E-state index contributed by atoms with van der Waals surface area (Å²) in [5.41, 5.74) is 8.05. The fraction of sp³-hybridized carbons (Fsp3) is 0.143. The Morgan fingerprint density at radius 3 is 2.68 bits per heavy atom. The van der Waals surface area contributed by atoms with Crippen molar-refractivity contribution in [1.29, 1.82) is 0 Å². The van der Waals surface area contributed by atoms with Gasteiger partial charge in [-0.1, -0.05) is 18.2 Å². The first-order valence-electron chi connectivity index (χ1n) is 8.86. The summed E-state index contributed by atoms with van der Waals surface area (Å²) in [6.45, 7) is 2.06. The largest absolute Gasteiger partial charge is 0.497 e. The van der Waals surface area contributed by atoms with Crippen molar-refractivity contribution < 1.29 is 14.3 Å². The van der Waals surface area contributed by atoms with Crippen LogP contribution in [0.25, 0.3) is 21.8 Å². The van der Waals surface area contributed by atoms with Crippen LogP contribution < -0.4 is 15.6 Å². The first kappa shape index (κ1) is 17.7. The highest BCUT2D eigenvalue weighted by molar-refractivity contribution is 5.99. The van der Waals surface area contributed by atoms with E-state index >= 15 is 0 Å². The molecule has 0 fully saturated rings. The Balaban J connectivity index is 1.43. The quantitative estimate of drug-likeness (QED) is 0.479. The lowest BCUT2D eigenvalue weighted by atomic mass is 10.2. The van der Waals surface area contributed by atoms with Crippen LogP contribution in [0.3, 0.4) is 0 Å².